The molecule has 0 aromatic heterocycles. The largest absolute Gasteiger partial charge is 0.504 e. The molecule has 0 aliphatic carbocycles. The maximum absolute atomic E-state index is 10.0. The highest BCUT2D eigenvalue weighted by atomic mass is 16.5. The Kier molecular flexibility index (Phi) is 3.64. The van der Waals surface area contributed by atoms with Gasteiger partial charge in [-0.1, -0.05) is 20.8 Å². The van der Waals surface area contributed by atoms with Crippen LogP contribution in [0.3, 0.4) is 0 Å². The highest BCUT2D eigenvalue weighted by Crippen LogP contribution is 2.40. The number of ether oxygens (including phenoxy) is 1. The minimum absolute atomic E-state index is 0.00826. The Bertz CT molecular complexity index is 456. The van der Waals surface area contributed by atoms with E-state index in [1.807, 2.05) is 26.8 Å². The summed E-state index contributed by atoms with van der Waals surface area (Å²) in [5.41, 5.74) is 6.84. The van der Waals surface area contributed by atoms with E-state index in [-0.39, 0.29) is 23.0 Å². The fraction of sp³-hybridized carbons (Fsp3) is 0.462. The van der Waals surface area contributed by atoms with Gasteiger partial charge in [0.05, 0.1) is 18.7 Å². The Morgan fingerprint density at radius 2 is 2.00 bits per heavy atom. The van der Waals surface area contributed by atoms with Crippen LogP contribution in [0, 0.1) is 16.7 Å². The van der Waals surface area contributed by atoms with Gasteiger partial charge in [-0.3, -0.25) is 0 Å². The molecule has 17 heavy (non-hydrogen) atoms. The molecule has 92 valence electrons. The molecular formula is C13H18N2O2. The first kappa shape index (κ1) is 13.3. The number of hydrogen-bond acceptors (Lipinski definition) is 4. The van der Waals surface area contributed by atoms with Crippen LogP contribution >= 0.6 is 0 Å². The monoisotopic (exact) mass is 234 g/mol. The number of nitriles is 1. The minimum atomic E-state index is -0.371. The summed E-state index contributed by atoms with van der Waals surface area (Å²) in [6.45, 7) is 5.92. The van der Waals surface area contributed by atoms with Crippen molar-refractivity contribution in [2.24, 2.45) is 11.1 Å². The molecule has 3 N–H and O–H groups in total. The Labute approximate surface area is 102 Å². The SMILES string of the molecule is COc1cc(C#N)cc([C@@H](N)C(C)(C)C)c1O. The van der Waals surface area contributed by atoms with Crippen LogP contribution < -0.4 is 10.5 Å². The van der Waals surface area contributed by atoms with Crippen LogP contribution in [0.4, 0.5) is 0 Å². The number of benzene rings is 1. The van der Waals surface area contributed by atoms with Crippen molar-refractivity contribution in [3.8, 4) is 17.6 Å². The van der Waals surface area contributed by atoms with Crippen molar-refractivity contribution in [1.82, 2.24) is 0 Å². The number of hydrogen-bond donors (Lipinski definition) is 2. The Morgan fingerprint density at radius 1 is 1.41 bits per heavy atom. The molecule has 0 unspecified atom stereocenters. The smallest absolute Gasteiger partial charge is 0.162 e. The average molecular weight is 234 g/mol. The first-order valence-corrected chi connectivity index (χ1v) is 5.37. The summed E-state index contributed by atoms with van der Waals surface area (Å²) in [5, 5.41) is 19.0. The third-order valence-electron chi connectivity index (χ3n) is 2.72. The normalized spacial score (nSPS) is 12.9. The maximum atomic E-state index is 10.0. The van der Waals surface area contributed by atoms with E-state index in [2.05, 4.69) is 0 Å². The summed E-state index contributed by atoms with van der Waals surface area (Å²) in [6, 6.07) is 4.76. The molecule has 0 fully saturated rings. The molecule has 0 bridgehead atoms. The molecule has 0 heterocycles. The van der Waals surface area contributed by atoms with Gasteiger partial charge in [-0.2, -0.15) is 5.26 Å². The quantitative estimate of drug-likeness (QED) is 0.823. The predicted molar refractivity (Wildman–Crippen MR) is 65.8 cm³/mol. The molecule has 0 amide bonds. The second-order valence-electron chi connectivity index (χ2n) is 5.07. The molecule has 1 rings (SSSR count). The van der Waals surface area contributed by atoms with Gasteiger partial charge in [0.25, 0.3) is 0 Å². The highest BCUT2D eigenvalue weighted by molar-refractivity contribution is 5.53. The number of nitrogens with zero attached hydrogens (tertiary/aromatic N) is 1. The molecular weight excluding hydrogens is 216 g/mol. The topological polar surface area (TPSA) is 79.3 Å². The molecule has 1 aromatic rings. The van der Waals surface area contributed by atoms with Crippen molar-refractivity contribution >= 4 is 0 Å². The number of phenols is 1. The first-order valence-electron chi connectivity index (χ1n) is 5.37. The predicted octanol–water partition coefficient (Wildman–Crippen LogP) is 2.32. The van der Waals surface area contributed by atoms with Crippen LogP contribution in [-0.4, -0.2) is 12.2 Å². The summed E-state index contributed by atoms with van der Waals surface area (Å²) >= 11 is 0. The standard InChI is InChI=1S/C13H18N2O2/c1-13(2,3)12(15)9-5-8(7-14)6-10(17-4)11(9)16/h5-6,12,16H,15H2,1-4H3/t12-/m1/s1. The molecule has 0 radical (unpaired) electrons. The van der Waals surface area contributed by atoms with Gasteiger partial charge in [-0.25, -0.2) is 0 Å². The van der Waals surface area contributed by atoms with Crippen molar-refractivity contribution in [1.29, 1.82) is 5.26 Å². The van der Waals surface area contributed by atoms with E-state index in [0.29, 0.717) is 11.1 Å². The van der Waals surface area contributed by atoms with Crippen LogP contribution in [0.25, 0.3) is 0 Å². The zero-order valence-electron chi connectivity index (χ0n) is 10.6. The second-order valence-corrected chi connectivity index (χ2v) is 5.07. The van der Waals surface area contributed by atoms with Crippen molar-refractivity contribution in [3.05, 3.63) is 23.3 Å². The van der Waals surface area contributed by atoms with Crippen molar-refractivity contribution in [2.45, 2.75) is 26.8 Å². The molecule has 1 atom stereocenters. The van der Waals surface area contributed by atoms with E-state index >= 15 is 0 Å². The van der Waals surface area contributed by atoms with Crippen LogP contribution in [0.15, 0.2) is 12.1 Å². The molecule has 0 aliphatic heterocycles. The fourth-order valence-corrected chi connectivity index (χ4v) is 1.55. The zero-order chi connectivity index (χ0) is 13.2. The Balaban J connectivity index is 3.38. The van der Waals surface area contributed by atoms with Crippen LogP contribution in [0.5, 0.6) is 11.5 Å². The molecule has 0 aliphatic rings. The summed E-state index contributed by atoms with van der Waals surface area (Å²) in [5.74, 6) is 0.285. The van der Waals surface area contributed by atoms with Gasteiger partial charge >= 0.3 is 0 Å². The van der Waals surface area contributed by atoms with E-state index in [4.69, 9.17) is 15.7 Å². The molecule has 0 saturated heterocycles. The summed E-state index contributed by atoms with van der Waals surface area (Å²) in [7, 11) is 1.45. The molecule has 4 nitrogen and oxygen atoms in total. The summed E-state index contributed by atoms with van der Waals surface area (Å²) < 4.78 is 5.03. The van der Waals surface area contributed by atoms with Gasteiger partial charge < -0.3 is 15.6 Å². The van der Waals surface area contributed by atoms with E-state index in [0.717, 1.165) is 0 Å². The van der Waals surface area contributed by atoms with Crippen molar-refractivity contribution in [2.75, 3.05) is 7.11 Å². The highest BCUT2D eigenvalue weighted by Gasteiger charge is 2.26. The molecule has 1 aromatic carbocycles. The van der Waals surface area contributed by atoms with Gasteiger partial charge in [-0.05, 0) is 11.5 Å². The van der Waals surface area contributed by atoms with Gasteiger partial charge in [0.1, 0.15) is 0 Å². The van der Waals surface area contributed by atoms with Crippen molar-refractivity contribution in [3.63, 3.8) is 0 Å². The third-order valence-corrected chi connectivity index (χ3v) is 2.72. The molecule has 4 heteroatoms. The van der Waals surface area contributed by atoms with Gasteiger partial charge in [0.2, 0.25) is 0 Å². The number of nitrogens with two attached hydrogens (primary N) is 1. The van der Waals surface area contributed by atoms with Crippen LogP contribution in [0.2, 0.25) is 0 Å². The number of phenolic OH excluding ortho intramolecular Hbond substituents is 1. The fourth-order valence-electron chi connectivity index (χ4n) is 1.55. The third kappa shape index (κ3) is 2.69. The van der Waals surface area contributed by atoms with Crippen LogP contribution in [0.1, 0.15) is 37.9 Å². The van der Waals surface area contributed by atoms with E-state index in [1.165, 1.54) is 13.2 Å². The second kappa shape index (κ2) is 4.64. The Hall–Kier alpha value is -1.73. The van der Waals surface area contributed by atoms with E-state index in [9.17, 15) is 5.11 Å². The minimum Gasteiger partial charge on any atom is -0.504 e. The first-order chi connectivity index (χ1) is 7.81. The average Bonchev–Trinajstić information content (AvgIpc) is 2.27. The summed E-state index contributed by atoms with van der Waals surface area (Å²) in [6.07, 6.45) is 0. The zero-order valence-corrected chi connectivity index (χ0v) is 10.6. The molecule has 0 saturated carbocycles. The molecule has 0 spiro atoms. The van der Waals surface area contributed by atoms with Gasteiger partial charge in [0.15, 0.2) is 11.5 Å². The maximum Gasteiger partial charge on any atom is 0.162 e. The lowest BCUT2D eigenvalue weighted by molar-refractivity contribution is 0.310. The lowest BCUT2D eigenvalue weighted by Crippen LogP contribution is -2.26. The van der Waals surface area contributed by atoms with Gasteiger partial charge in [-0.15, -0.1) is 0 Å². The van der Waals surface area contributed by atoms with Crippen molar-refractivity contribution < 1.29 is 9.84 Å². The van der Waals surface area contributed by atoms with E-state index < -0.39 is 0 Å². The van der Waals surface area contributed by atoms with E-state index in [1.54, 1.807) is 6.07 Å². The number of rotatable bonds is 2. The number of methoxy groups -OCH3 is 1. The van der Waals surface area contributed by atoms with Gasteiger partial charge in [0, 0.05) is 17.7 Å². The Morgan fingerprint density at radius 3 is 2.41 bits per heavy atom. The number of aromatic hydroxyl groups is 1. The lowest BCUT2D eigenvalue weighted by atomic mass is 9.82. The lowest BCUT2D eigenvalue weighted by Gasteiger charge is -2.28. The van der Waals surface area contributed by atoms with Crippen LogP contribution in [-0.2, 0) is 0 Å². The summed E-state index contributed by atoms with van der Waals surface area (Å²) in [4.78, 5) is 0.